The van der Waals surface area contributed by atoms with Crippen LogP contribution in [0.4, 0.5) is 0 Å². The predicted octanol–water partition coefficient (Wildman–Crippen LogP) is 2.60. The van der Waals surface area contributed by atoms with Crippen LogP contribution in [0, 0.1) is 37.5 Å². The van der Waals surface area contributed by atoms with Crippen LogP contribution >= 0.6 is 0 Å². The lowest BCUT2D eigenvalue weighted by atomic mass is 10.0. The molecule has 0 unspecified atom stereocenters. The first-order chi connectivity index (χ1) is 33.6. The van der Waals surface area contributed by atoms with Crippen LogP contribution < -0.4 is 20.9 Å². The van der Waals surface area contributed by atoms with Gasteiger partial charge >= 0.3 is 0 Å². The minimum atomic E-state index is -1.48. The number of imidazole rings is 2. The lowest BCUT2D eigenvalue weighted by molar-refractivity contribution is 0.0171. The number of aliphatic hydroxyl groups is 2. The highest BCUT2D eigenvalue weighted by Crippen LogP contribution is 2.36. The molecule has 0 spiro atoms. The van der Waals surface area contributed by atoms with Crippen LogP contribution in [0.1, 0.15) is 68.9 Å². The van der Waals surface area contributed by atoms with Crippen LogP contribution in [-0.4, -0.2) is 139 Å². The predicted molar refractivity (Wildman–Crippen MR) is 251 cm³/mol. The highest BCUT2D eigenvalue weighted by atomic mass is 16.5. The van der Waals surface area contributed by atoms with Gasteiger partial charge in [-0.2, -0.15) is 0 Å². The van der Waals surface area contributed by atoms with Gasteiger partial charge in [0.05, 0.1) is 50.6 Å². The van der Waals surface area contributed by atoms with Crippen LogP contribution in [0.5, 0.6) is 11.5 Å². The highest BCUT2D eigenvalue weighted by molar-refractivity contribution is 5.92. The topological polar surface area (TPSA) is 258 Å². The van der Waals surface area contributed by atoms with Crippen LogP contribution in [-0.2, 0) is 33.8 Å². The number of carbonyl (C=O) groups excluding carboxylic acids is 2. The molecule has 2 amide bonds. The third-order valence-corrected chi connectivity index (χ3v) is 12.2. The minimum Gasteiger partial charge on any atom is -0.486 e. The number of amides is 2. The second-order valence-corrected chi connectivity index (χ2v) is 18.0. The Morgan fingerprint density at radius 1 is 0.657 bits per heavy atom. The number of morpholine rings is 2. The minimum absolute atomic E-state index is 0.156. The zero-order valence-electron chi connectivity index (χ0n) is 39.3. The van der Waals surface area contributed by atoms with Gasteiger partial charge in [-0.25, -0.2) is 9.97 Å². The molecule has 2 saturated heterocycles. The molecule has 2 aromatic carbocycles. The molecule has 4 aliphatic rings. The molecule has 20 heteroatoms. The molecule has 364 valence electrons. The Labute approximate surface area is 403 Å². The number of primary amides is 2. The molecular formula is C50H54N10O10. The van der Waals surface area contributed by atoms with Gasteiger partial charge in [-0.3, -0.25) is 19.4 Å². The van der Waals surface area contributed by atoms with E-state index in [2.05, 4.69) is 53.8 Å². The van der Waals surface area contributed by atoms with E-state index in [1.807, 2.05) is 45.5 Å². The molecule has 2 fully saturated rings. The fraction of sp³-hybridized carbons (Fsp3) is 0.400. The normalized spacial score (nSPS) is 19.3. The van der Waals surface area contributed by atoms with Crippen molar-refractivity contribution in [1.29, 1.82) is 0 Å². The number of aromatic nitrogens is 6. The number of nitrogens with zero attached hydrogens (tertiary/aromatic N) is 8. The van der Waals surface area contributed by atoms with Crippen molar-refractivity contribution in [2.45, 2.75) is 64.2 Å². The van der Waals surface area contributed by atoms with Gasteiger partial charge in [-0.15, -0.1) is 0 Å². The number of nitrogens with two attached hydrogens (primary N) is 2. The van der Waals surface area contributed by atoms with Gasteiger partial charge in [-0.05, 0) is 64.1 Å². The van der Waals surface area contributed by atoms with E-state index in [1.165, 1.54) is 0 Å². The van der Waals surface area contributed by atoms with Crippen molar-refractivity contribution in [1.82, 2.24) is 39.2 Å². The first-order valence-electron chi connectivity index (χ1n) is 22.9. The fourth-order valence-electron chi connectivity index (χ4n) is 8.46. The maximum absolute atomic E-state index is 11.9. The van der Waals surface area contributed by atoms with Crippen LogP contribution in [0.2, 0.25) is 0 Å². The quantitative estimate of drug-likeness (QED) is 0.160. The maximum Gasteiger partial charge on any atom is 0.268 e. The van der Waals surface area contributed by atoms with Gasteiger partial charge < -0.3 is 58.8 Å². The van der Waals surface area contributed by atoms with Crippen LogP contribution in [0.25, 0.3) is 22.8 Å². The lowest BCUT2D eigenvalue weighted by Gasteiger charge is -2.30. The van der Waals surface area contributed by atoms with Gasteiger partial charge in [0.1, 0.15) is 69.7 Å². The van der Waals surface area contributed by atoms with E-state index >= 15 is 0 Å². The van der Waals surface area contributed by atoms with Crippen molar-refractivity contribution in [2.24, 2.45) is 11.5 Å². The van der Waals surface area contributed by atoms with Gasteiger partial charge in [-0.1, -0.05) is 34.0 Å². The van der Waals surface area contributed by atoms with E-state index in [4.69, 9.17) is 39.5 Å². The summed E-state index contributed by atoms with van der Waals surface area (Å²) >= 11 is 0. The summed E-state index contributed by atoms with van der Waals surface area (Å²) in [6.07, 6.45) is 3.02. The molecule has 6 N–H and O–H groups in total. The molecule has 20 nitrogen and oxygen atoms in total. The number of fused-ring (bicyclic) bond motifs is 6. The van der Waals surface area contributed by atoms with Gasteiger partial charge in [0.25, 0.3) is 11.8 Å². The molecule has 0 aliphatic carbocycles. The molecule has 0 bridgehead atoms. The number of hydrogen-bond acceptors (Lipinski definition) is 16. The van der Waals surface area contributed by atoms with E-state index in [9.17, 15) is 19.8 Å². The summed E-state index contributed by atoms with van der Waals surface area (Å²) in [6.45, 7) is 15.3. The summed E-state index contributed by atoms with van der Waals surface area (Å²) in [5.41, 5.74) is 11.8. The zero-order valence-corrected chi connectivity index (χ0v) is 39.3. The monoisotopic (exact) mass is 954 g/mol. The molecule has 10 rings (SSSR count). The van der Waals surface area contributed by atoms with Gasteiger partial charge in [0, 0.05) is 74.9 Å². The molecule has 4 aliphatic heterocycles. The Morgan fingerprint density at radius 3 is 1.41 bits per heavy atom. The molecular weight excluding hydrogens is 901 g/mol. The number of rotatable bonds is 8. The van der Waals surface area contributed by atoms with Crippen LogP contribution in [0.3, 0.4) is 0 Å². The first kappa shape index (κ1) is 47.8. The van der Waals surface area contributed by atoms with Crippen molar-refractivity contribution in [3.8, 4) is 58.0 Å². The number of hydrogen-bond donors (Lipinski definition) is 4. The summed E-state index contributed by atoms with van der Waals surface area (Å²) in [4.78, 5) is 37.3. The molecule has 70 heavy (non-hydrogen) atoms. The number of carbonyl (C=O) groups is 2. The average molecular weight is 955 g/mol. The van der Waals surface area contributed by atoms with E-state index in [1.54, 1.807) is 52.2 Å². The Morgan fingerprint density at radius 2 is 1.06 bits per heavy atom. The summed E-state index contributed by atoms with van der Waals surface area (Å²) in [5.74, 6) is 14.2. The molecule has 0 saturated carbocycles. The summed E-state index contributed by atoms with van der Waals surface area (Å²) in [6, 6.07) is 14.3. The van der Waals surface area contributed by atoms with Crippen molar-refractivity contribution >= 4 is 11.8 Å². The third kappa shape index (κ3) is 10.9. The smallest absolute Gasteiger partial charge is 0.268 e. The molecule has 6 aromatic rings. The van der Waals surface area contributed by atoms with E-state index in [0.29, 0.717) is 121 Å². The van der Waals surface area contributed by atoms with Crippen molar-refractivity contribution in [3.63, 3.8) is 0 Å². The summed E-state index contributed by atoms with van der Waals surface area (Å²) < 4.78 is 37.6. The molecule has 8 heterocycles. The van der Waals surface area contributed by atoms with Crippen LogP contribution in [0.15, 0.2) is 70.0 Å². The van der Waals surface area contributed by atoms with Gasteiger partial charge in [0.15, 0.2) is 11.2 Å². The maximum atomic E-state index is 11.9. The second kappa shape index (κ2) is 20.0. The summed E-state index contributed by atoms with van der Waals surface area (Å²) in [5, 5.41) is 29.3. The third-order valence-electron chi connectivity index (χ3n) is 12.2. The standard InChI is InChI=1S/2C25H27N5O5/c2*1-16-11-22(28-35-16)25(2,32)6-5-17-3-4-21-19(12-17)24-27-20(23(26)31)15-30(24)14-18(34-21)13-29-7-9-33-10-8-29/h2*3-4,11-12,15,18,32H,7-10,13-14H2,1-2H3,(H2,26,31)/t18-,25+;18-,25-/m01/s1. The number of benzene rings is 2. The van der Waals surface area contributed by atoms with Crippen molar-refractivity contribution in [2.75, 3.05) is 65.7 Å². The van der Waals surface area contributed by atoms with E-state index < -0.39 is 23.0 Å². The van der Waals surface area contributed by atoms with E-state index in [0.717, 1.165) is 26.2 Å². The number of aryl methyl sites for hydroxylation is 2. The molecule has 4 aromatic heterocycles. The van der Waals surface area contributed by atoms with E-state index in [-0.39, 0.29) is 23.6 Å². The molecule has 0 radical (unpaired) electrons. The zero-order chi connectivity index (χ0) is 49.2. The van der Waals surface area contributed by atoms with Gasteiger partial charge in [0.2, 0.25) is 0 Å². The fourth-order valence-corrected chi connectivity index (χ4v) is 8.46. The average Bonchev–Trinajstić information content (AvgIpc) is 4.15. The SMILES string of the molecule is Cc1cc([C@](C)(O)C#Cc2ccc3c(c2)-c2nc(C(N)=O)cn2C[C@@H](CN2CCOCC2)O3)no1.Cc1cc([C@](C)(O)C#Cc2ccc3c(c2)-c2nc(C(N)=O)cn2C[C@H](CN2CCOCC2)O3)no1. The lowest BCUT2D eigenvalue weighted by Crippen LogP contribution is -2.43. The molecule has 4 atom stereocenters. The number of ether oxygens (including phenoxy) is 4. The first-order valence-corrected chi connectivity index (χ1v) is 22.9. The Hall–Kier alpha value is -7.30. The Kier molecular flexibility index (Phi) is 13.6. The van der Waals surface area contributed by atoms with Crippen molar-refractivity contribution in [3.05, 3.63) is 106 Å². The Balaban J connectivity index is 0.000000174. The largest absolute Gasteiger partial charge is 0.486 e. The highest BCUT2D eigenvalue weighted by Gasteiger charge is 2.31. The summed E-state index contributed by atoms with van der Waals surface area (Å²) in [7, 11) is 0. The Bertz CT molecular complexity index is 2820. The second-order valence-electron chi connectivity index (χ2n) is 18.0. The van der Waals surface area contributed by atoms with Crippen molar-refractivity contribution < 1.29 is 47.8 Å².